The molecule has 0 N–H and O–H groups in total. The maximum absolute atomic E-state index is 2.49. The molecule has 0 spiro atoms. The molecule has 0 heteroatoms. The topological polar surface area (TPSA) is 0 Å². The second-order valence-electron chi connectivity index (χ2n) is 4.61. The zero-order valence-electron chi connectivity index (χ0n) is 7.01. The zero-order chi connectivity index (χ0) is 7.47. The first kappa shape index (κ1) is 6.05. The summed E-state index contributed by atoms with van der Waals surface area (Å²) in [4.78, 5) is 0. The monoisotopic (exact) mass is 146 g/mol. The van der Waals surface area contributed by atoms with Crippen LogP contribution in [-0.2, 0) is 0 Å². The van der Waals surface area contributed by atoms with Crippen molar-refractivity contribution in [3.8, 4) is 0 Å². The van der Waals surface area contributed by atoms with Crippen molar-refractivity contribution in [2.45, 2.75) is 26.2 Å². The fourth-order valence-electron chi connectivity index (χ4n) is 3.26. The lowest BCUT2D eigenvalue weighted by atomic mass is 9.75. The van der Waals surface area contributed by atoms with Gasteiger partial charge in [0.1, 0.15) is 0 Å². The summed E-state index contributed by atoms with van der Waals surface area (Å²) < 4.78 is 0. The minimum Gasteiger partial charge on any atom is -0.0876 e. The summed E-state index contributed by atoms with van der Waals surface area (Å²) in [5.41, 5.74) is 2.40. The van der Waals surface area contributed by atoms with Crippen LogP contribution < -0.4 is 0 Å². The van der Waals surface area contributed by atoms with Gasteiger partial charge < -0.3 is 0 Å². The highest BCUT2D eigenvalue weighted by molar-refractivity contribution is 5.32. The largest absolute Gasteiger partial charge is 0.0876 e. The number of hydrogen-bond acceptors (Lipinski definition) is 0. The smallest absolute Gasteiger partial charge is 0.0100 e. The predicted molar refractivity (Wildman–Crippen MR) is 46.2 cm³/mol. The Hall–Kier alpha value is -0.520. The molecule has 3 atom stereocenters. The van der Waals surface area contributed by atoms with Crippen LogP contribution in [0.4, 0.5) is 0 Å². The molecule has 1 saturated carbocycles. The Morgan fingerprint density at radius 2 is 2.45 bits per heavy atom. The van der Waals surface area contributed by atoms with Crippen molar-refractivity contribution < 1.29 is 0 Å². The van der Waals surface area contributed by atoms with E-state index < -0.39 is 0 Å². The van der Waals surface area contributed by atoms with E-state index in [1.807, 2.05) is 0 Å². The molecular formula is C11H14. The van der Waals surface area contributed by atoms with Crippen molar-refractivity contribution in [1.29, 1.82) is 0 Å². The SMILES string of the molecule is CC12CC=C(C1)C1CC=CC12. The standard InChI is InChI=1S/C11H14/c1-11-6-5-8(7-11)9-3-2-4-10(9)11/h2,4-5,9-10H,3,6-7H2,1H3. The van der Waals surface area contributed by atoms with Gasteiger partial charge in [0.15, 0.2) is 0 Å². The molecule has 0 aromatic rings. The van der Waals surface area contributed by atoms with Crippen molar-refractivity contribution in [2.24, 2.45) is 17.3 Å². The minimum absolute atomic E-state index is 0.632. The fraction of sp³-hybridized carbons (Fsp3) is 0.636. The molecule has 11 heavy (non-hydrogen) atoms. The molecule has 0 heterocycles. The van der Waals surface area contributed by atoms with Gasteiger partial charge in [0, 0.05) is 0 Å². The lowest BCUT2D eigenvalue weighted by molar-refractivity contribution is 0.254. The lowest BCUT2D eigenvalue weighted by Crippen LogP contribution is -2.21. The van der Waals surface area contributed by atoms with Crippen molar-refractivity contribution in [3.63, 3.8) is 0 Å². The van der Waals surface area contributed by atoms with Crippen LogP contribution in [0, 0.1) is 17.3 Å². The van der Waals surface area contributed by atoms with E-state index in [2.05, 4.69) is 25.2 Å². The number of hydrogen-bond donors (Lipinski definition) is 0. The van der Waals surface area contributed by atoms with Crippen molar-refractivity contribution >= 4 is 0 Å². The van der Waals surface area contributed by atoms with E-state index in [-0.39, 0.29) is 0 Å². The summed E-state index contributed by atoms with van der Waals surface area (Å²) in [5, 5.41) is 0. The molecule has 0 amide bonds. The molecule has 0 aromatic carbocycles. The summed E-state index contributed by atoms with van der Waals surface area (Å²) in [6, 6.07) is 0. The highest BCUT2D eigenvalue weighted by Crippen LogP contribution is 2.60. The fourth-order valence-corrected chi connectivity index (χ4v) is 3.26. The number of allylic oxidation sites excluding steroid dienone is 4. The van der Waals surface area contributed by atoms with Gasteiger partial charge in [-0.2, -0.15) is 0 Å². The van der Waals surface area contributed by atoms with Crippen LogP contribution in [0.5, 0.6) is 0 Å². The van der Waals surface area contributed by atoms with E-state index in [1.54, 1.807) is 5.57 Å². The molecule has 3 aliphatic rings. The summed E-state index contributed by atoms with van der Waals surface area (Å²) in [6.07, 6.45) is 11.4. The number of fused-ring (bicyclic) bond motifs is 5. The van der Waals surface area contributed by atoms with Crippen LogP contribution >= 0.6 is 0 Å². The molecule has 1 fully saturated rings. The van der Waals surface area contributed by atoms with E-state index in [4.69, 9.17) is 0 Å². The van der Waals surface area contributed by atoms with Gasteiger partial charge in [0.2, 0.25) is 0 Å². The van der Waals surface area contributed by atoms with Crippen LogP contribution in [0.2, 0.25) is 0 Å². The molecule has 3 aliphatic carbocycles. The van der Waals surface area contributed by atoms with E-state index >= 15 is 0 Å². The van der Waals surface area contributed by atoms with Gasteiger partial charge in [0.05, 0.1) is 0 Å². The lowest BCUT2D eigenvalue weighted by Gasteiger charge is -2.28. The summed E-state index contributed by atoms with van der Waals surface area (Å²) >= 11 is 0. The van der Waals surface area contributed by atoms with Crippen molar-refractivity contribution in [3.05, 3.63) is 23.8 Å². The first-order valence-electron chi connectivity index (χ1n) is 4.65. The summed E-state index contributed by atoms with van der Waals surface area (Å²) in [7, 11) is 0. The van der Waals surface area contributed by atoms with Crippen LogP contribution in [0.15, 0.2) is 23.8 Å². The van der Waals surface area contributed by atoms with Gasteiger partial charge in [0.25, 0.3) is 0 Å². The van der Waals surface area contributed by atoms with Gasteiger partial charge in [-0.25, -0.2) is 0 Å². The highest BCUT2D eigenvalue weighted by atomic mass is 14.5. The molecule has 2 bridgehead atoms. The molecule has 0 nitrogen and oxygen atoms in total. The maximum Gasteiger partial charge on any atom is -0.0100 e. The van der Waals surface area contributed by atoms with Gasteiger partial charge in [-0.05, 0) is 36.5 Å². The maximum atomic E-state index is 2.49. The molecule has 0 radical (unpaired) electrons. The van der Waals surface area contributed by atoms with E-state index in [9.17, 15) is 0 Å². The van der Waals surface area contributed by atoms with Gasteiger partial charge >= 0.3 is 0 Å². The Morgan fingerprint density at radius 3 is 3.27 bits per heavy atom. The zero-order valence-corrected chi connectivity index (χ0v) is 7.01. The second kappa shape index (κ2) is 1.63. The molecule has 0 aliphatic heterocycles. The third kappa shape index (κ3) is 0.571. The van der Waals surface area contributed by atoms with Crippen molar-refractivity contribution in [1.82, 2.24) is 0 Å². The molecule has 0 saturated heterocycles. The van der Waals surface area contributed by atoms with Gasteiger partial charge in [-0.1, -0.05) is 30.7 Å². The minimum atomic E-state index is 0.632. The Kier molecular flexibility index (Phi) is 0.894. The molecule has 0 aromatic heterocycles. The normalized spacial score (nSPS) is 51.5. The molecule has 3 rings (SSSR count). The third-order valence-corrected chi connectivity index (χ3v) is 3.89. The van der Waals surface area contributed by atoms with Crippen LogP contribution in [0.3, 0.4) is 0 Å². The van der Waals surface area contributed by atoms with E-state index in [0.717, 1.165) is 11.8 Å². The quantitative estimate of drug-likeness (QED) is 0.461. The molecular weight excluding hydrogens is 132 g/mol. The van der Waals surface area contributed by atoms with Crippen molar-refractivity contribution in [2.75, 3.05) is 0 Å². The first-order chi connectivity index (χ1) is 5.30. The Balaban J connectivity index is 2.11. The Labute approximate surface area is 68.0 Å². The predicted octanol–water partition coefficient (Wildman–Crippen LogP) is 2.92. The molecule has 3 unspecified atom stereocenters. The van der Waals surface area contributed by atoms with Gasteiger partial charge in [-0.15, -0.1) is 0 Å². The average Bonchev–Trinajstić information content (AvgIpc) is 2.53. The van der Waals surface area contributed by atoms with Crippen LogP contribution in [0.1, 0.15) is 26.2 Å². The Bertz CT molecular complexity index is 259. The second-order valence-corrected chi connectivity index (χ2v) is 4.61. The summed E-state index contributed by atoms with van der Waals surface area (Å²) in [5.74, 6) is 1.83. The first-order valence-corrected chi connectivity index (χ1v) is 4.65. The Morgan fingerprint density at radius 1 is 1.55 bits per heavy atom. The highest BCUT2D eigenvalue weighted by Gasteiger charge is 2.50. The number of rotatable bonds is 0. The average molecular weight is 146 g/mol. The van der Waals surface area contributed by atoms with Crippen LogP contribution in [-0.4, -0.2) is 0 Å². The third-order valence-electron chi connectivity index (χ3n) is 3.89. The van der Waals surface area contributed by atoms with E-state index in [0.29, 0.717) is 5.41 Å². The van der Waals surface area contributed by atoms with Gasteiger partial charge in [-0.3, -0.25) is 0 Å². The van der Waals surface area contributed by atoms with Crippen LogP contribution in [0.25, 0.3) is 0 Å². The summed E-state index contributed by atoms with van der Waals surface area (Å²) in [6.45, 7) is 2.46. The molecule has 58 valence electrons. The van der Waals surface area contributed by atoms with E-state index in [1.165, 1.54) is 19.3 Å².